The third kappa shape index (κ3) is 4.60. The fourth-order valence-electron chi connectivity index (χ4n) is 2.81. The first-order valence-corrected chi connectivity index (χ1v) is 8.50. The highest BCUT2D eigenvalue weighted by Gasteiger charge is 2.62. The van der Waals surface area contributed by atoms with E-state index in [1.807, 2.05) is 37.3 Å². The quantitative estimate of drug-likeness (QED) is 0.802. The predicted molar refractivity (Wildman–Crippen MR) is 88.8 cm³/mol. The Balaban J connectivity index is 2.03. The summed E-state index contributed by atoms with van der Waals surface area (Å²) in [5.74, 6) is -0.803. The van der Waals surface area contributed by atoms with Crippen LogP contribution >= 0.6 is 0 Å². The number of rotatable bonds is 7. The van der Waals surface area contributed by atoms with Crippen LogP contribution in [0.1, 0.15) is 51.0 Å². The molecular formula is C18H23F3N2O2. The third-order valence-electron chi connectivity index (χ3n) is 4.25. The summed E-state index contributed by atoms with van der Waals surface area (Å²) in [4.78, 5) is 12.3. The Bertz CT molecular complexity index is 616. The second kappa shape index (κ2) is 7.99. The van der Waals surface area contributed by atoms with E-state index in [2.05, 4.69) is 5.10 Å². The zero-order valence-corrected chi connectivity index (χ0v) is 14.2. The first-order valence-electron chi connectivity index (χ1n) is 8.50. The van der Waals surface area contributed by atoms with Gasteiger partial charge >= 0.3 is 6.18 Å². The van der Waals surface area contributed by atoms with Gasteiger partial charge in [0.1, 0.15) is 0 Å². The van der Waals surface area contributed by atoms with Crippen LogP contribution in [-0.4, -0.2) is 33.6 Å². The van der Waals surface area contributed by atoms with Crippen molar-refractivity contribution in [1.82, 2.24) is 5.01 Å². The van der Waals surface area contributed by atoms with E-state index in [-0.39, 0.29) is 17.1 Å². The molecule has 1 aliphatic heterocycles. The highest BCUT2D eigenvalue weighted by molar-refractivity contribution is 5.90. The first-order chi connectivity index (χ1) is 11.8. The van der Waals surface area contributed by atoms with Crippen LogP contribution in [0, 0.1) is 0 Å². The van der Waals surface area contributed by atoms with E-state index in [1.54, 1.807) is 0 Å². The van der Waals surface area contributed by atoms with Crippen LogP contribution in [-0.2, 0) is 11.2 Å². The second-order valence-corrected chi connectivity index (χ2v) is 6.31. The van der Waals surface area contributed by atoms with Crippen LogP contribution < -0.4 is 0 Å². The molecule has 0 unspecified atom stereocenters. The number of aryl methyl sites for hydroxylation is 1. The molecule has 1 aromatic carbocycles. The molecule has 0 saturated heterocycles. The molecule has 138 valence electrons. The van der Waals surface area contributed by atoms with Crippen LogP contribution in [0.25, 0.3) is 0 Å². The standard InChI is InChI=1S/C18H23F3N2O2/c1-2-3-11-15-13-17(25,18(19,20)21)23(22-15)16(24)12-7-10-14-8-5-4-6-9-14/h4-6,8-9,25H,2-3,7,10-13H2,1H3/t17-/m1/s1. The summed E-state index contributed by atoms with van der Waals surface area (Å²) in [5, 5.41) is 14.2. The fourth-order valence-corrected chi connectivity index (χ4v) is 2.81. The molecule has 4 nitrogen and oxygen atoms in total. The van der Waals surface area contributed by atoms with Crippen molar-refractivity contribution in [3.63, 3.8) is 0 Å². The molecule has 1 heterocycles. The molecule has 0 saturated carbocycles. The first kappa shape index (κ1) is 19.4. The van der Waals surface area contributed by atoms with Crippen molar-refractivity contribution in [2.75, 3.05) is 0 Å². The molecule has 1 N–H and O–H groups in total. The maximum Gasteiger partial charge on any atom is 0.438 e. The Morgan fingerprint density at radius 3 is 2.52 bits per heavy atom. The average molecular weight is 356 g/mol. The number of unbranched alkanes of at least 4 members (excludes halogenated alkanes) is 1. The van der Waals surface area contributed by atoms with Gasteiger partial charge in [-0.3, -0.25) is 4.79 Å². The number of halogens is 3. The summed E-state index contributed by atoms with van der Waals surface area (Å²) in [6, 6.07) is 9.39. The van der Waals surface area contributed by atoms with Gasteiger partial charge in [-0.25, -0.2) is 0 Å². The van der Waals surface area contributed by atoms with Gasteiger partial charge in [0.2, 0.25) is 5.91 Å². The Morgan fingerprint density at radius 1 is 1.24 bits per heavy atom. The molecular weight excluding hydrogens is 333 g/mol. The molecule has 0 bridgehead atoms. The van der Waals surface area contributed by atoms with E-state index in [9.17, 15) is 23.1 Å². The smallest absolute Gasteiger partial charge is 0.362 e. The van der Waals surface area contributed by atoms with Gasteiger partial charge in [-0.05, 0) is 31.2 Å². The number of carbonyl (C=O) groups excluding carboxylic acids is 1. The van der Waals surface area contributed by atoms with E-state index in [4.69, 9.17) is 0 Å². The molecule has 1 atom stereocenters. The minimum atomic E-state index is -4.94. The summed E-state index contributed by atoms with van der Waals surface area (Å²) in [7, 11) is 0. The maximum absolute atomic E-state index is 13.3. The number of hydrogen-bond donors (Lipinski definition) is 1. The van der Waals surface area contributed by atoms with Gasteiger partial charge in [-0.15, -0.1) is 0 Å². The Hall–Kier alpha value is -1.89. The molecule has 0 aliphatic carbocycles. The summed E-state index contributed by atoms with van der Waals surface area (Å²) in [6.45, 7) is 1.91. The van der Waals surface area contributed by atoms with Crippen LogP contribution in [0.4, 0.5) is 13.2 Å². The largest absolute Gasteiger partial charge is 0.438 e. The summed E-state index contributed by atoms with van der Waals surface area (Å²) >= 11 is 0. The van der Waals surface area contributed by atoms with Crippen molar-refractivity contribution < 1.29 is 23.1 Å². The van der Waals surface area contributed by atoms with E-state index < -0.39 is 24.2 Å². The van der Waals surface area contributed by atoms with Crippen molar-refractivity contribution in [2.45, 2.75) is 63.8 Å². The summed E-state index contributed by atoms with van der Waals surface area (Å²) in [6.07, 6.45) is -2.91. The Morgan fingerprint density at radius 2 is 1.92 bits per heavy atom. The van der Waals surface area contributed by atoms with Gasteiger partial charge < -0.3 is 5.11 Å². The zero-order chi connectivity index (χ0) is 18.5. The van der Waals surface area contributed by atoms with Crippen LogP contribution in [0.5, 0.6) is 0 Å². The number of carbonyl (C=O) groups is 1. The van der Waals surface area contributed by atoms with Crippen LogP contribution in [0.15, 0.2) is 35.4 Å². The van der Waals surface area contributed by atoms with Gasteiger partial charge in [0.05, 0.1) is 0 Å². The molecule has 0 spiro atoms. The number of alkyl halides is 3. The number of aliphatic hydroxyl groups is 1. The van der Waals surface area contributed by atoms with Crippen molar-refractivity contribution in [1.29, 1.82) is 0 Å². The molecule has 7 heteroatoms. The SMILES string of the molecule is CCCCC1=NN(C(=O)CCCc2ccccc2)[C@](O)(C(F)(F)F)C1. The molecule has 0 radical (unpaired) electrons. The molecule has 2 rings (SSSR count). The molecule has 1 aromatic rings. The van der Waals surface area contributed by atoms with Gasteiger partial charge in [0, 0.05) is 18.6 Å². The molecule has 0 fully saturated rings. The van der Waals surface area contributed by atoms with E-state index in [0.717, 1.165) is 12.0 Å². The fraction of sp³-hybridized carbons (Fsp3) is 0.556. The lowest BCUT2D eigenvalue weighted by Crippen LogP contribution is -2.56. The number of hydrogen-bond acceptors (Lipinski definition) is 3. The lowest BCUT2D eigenvalue weighted by Gasteiger charge is -2.32. The second-order valence-electron chi connectivity index (χ2n) is 6.31. The lowest BCUT2D eigenvalue weighted by atomic mass is 10.0. The number of nitrogens with zero attached hydrogens (tertiary/aromatic N) is 2. The Labute approximate surface area is 145 Å². The van der Waals surface area contributed by atoms with E-state index in [0.29, 0.717) is 25.7 Å². The van der Waals surface area contributed by atoms with Crippen molar-refractivity contribution in [3.8, 4) is 0 Å². The van der Waals surface area contributed by atoms with Crippen molar-refractivity contribution in [2.24, 2.45) is 5.10 Å². The lowest BCUT2D eigenvalue weighted by molar-refractivity contribution is -0.302. The van der Waals surface area contributed by atoms with Crippen molar-refractivity contribution >= 4 is 11.6 Å². The summed E-state index contributed by atoms with van der Waals surface area (Å²) < 4.78 is 40.0. The zero-order valence-electron chi connectivity index (χ0n) is 14.2. The minimum absolute atomic E-state index is 0.0994. The molecule has 1 amide bonds. The maximum atomic E-state index is 13.3. The van der Waals surface area contributed by atoms with Crippen LogP contribution in [0.3, 0.4) is 0 Å². The van der Waals surface area contributed by atoms with Crippen molar-refractivity contribution in [3.05, 3.63) is 35.9 Å². The normalized spacial score (nSPS) is 20.7. The molecule has 0 aromatic heterocycles. The van der Waals surface area contributed by atoms with Crippen LogP contribution in [0.2, 0.25) is 0 Å². The van der Waals surface area contributed by atoms with E-state index >= 15 is 0 Å². The number of benzene rings is 1. The highest BCUT2D eigenvalue weighted by Crippen LogP contribution is 2.41. The number of hydrazone groups is 1. The topological polar surface area (TPSA) is 52.9 Å². The molecule has 1 aliphatic rings. The average Bonchev–Trinajstić information content (AvgIpc) is 2.92. The molecule has 25 heavy (non-hydrogen) atoms. The predicted octanol–water partition coefficient (Wildman–Crippen LogP) is 4.04. The van der Waals surface area contributed by atoms with Gasteiger partial charge in [0.25, 0.3) is 5.72 Å². The highest BCUT2D eigenvalue weighted by atomic mass is 19.4. The van der Waals surface area contributed by atoms with Gasteiger partial charge in [-0.1, -0.05) is 43.7 Å². The van der Waals surface area contributed by atoms with E-state index in [1.165, 1.54) is 0 Å². The third-order valence-corrected chi connectivity index (χ3v) is 4.25. The van der Waals surface area contributed by atoms with Gasteiger partial charge in [-0.2, -0.15) is 23.3 Å². The monoisotopic (exact) mass is 356 g/mol. The number of amides is 1. The Kier molecular flexibility index (Phi) is 6.21. The van der Waals surface area contributed by atoms with Gasteiger partial charge in [0.15, 0.2) is 0 Å². The minimum Gasteiger partial charge on any atom is -0.362 e. The summed E-state index contributed by atoms with van der Waals surface area (Å²) in [5.41, 5.74) is -1.99.